The molecule has 31 heavy (non-hydrogen) atoms. The Hall–Kier alpha value is -2.96. The fourth-order valence-corrected chi connectivity index (χ4v) is 3.94. The van der Waals surface area contributed by atoms with Gasteiger partial charge in [0.2, 0.25) is 0 Å². The molecule has 0 saturated carbocycles. The van der Waals surface area contributed by atoms with E-state index in [9.17, 15) is 9.59 Å². The van der Waals surface area contributed by atoms with E-state index in [2.05, 4.69) is 21.0 Å². The molecule has 1 heterocycles. The summed E-state index contributed by atoms with van der Waals surface area (Å²) >= 11 is 9.36. The van der Waals surface area contributed by atoms with Crippen LogP contribution in [0, 0.1) is 0 Å². The van der Waals surface area contributed by atoms with Gasteiger partial charge in [0, 0.05) is 15.9 Å². The molecule has 1 aliphatic rings. The number of amides is 1. The summed E-state index contributed by atoms with van der Waals surface area (Å²) in [6.07, 6.45) is 1.28. The number of hydrazone groups is 1. The molecular weight excluding hydrogens is 480 g/mol. The van der Waals surface area contributed by atoms with Crippen LogP contribution in [0.15, 0.2) is 82.4 Å². The lowest BCUT2D eigenvalue weighted by Crippen LogP contribution is -2.31. The van der Waals surface area contributed by atoms with Gasteiger partial charge in [0.05, 0.1) is 17.3 Å². The Labute approximate surface area is 193 Å². The van der Waals surface area contributed by atoms with Gasteiger partial charge in [0.1, 0.15) is 5.75 Å². The molecule has 0 spiro atoms. The first-order valence-corrected chi connectivity index (χ1v) is 10.8. The van der Waals surface area contributed by atoms with Gasteiger partial charge in [-0.15, -0.1) is 0 Å². The van der Waals surface area contributed by atoms with Gasteiger partial charge in [-0.25, -0.2) is 5.01 Å². The molecule has 3 aromatic carbocycles. The van der Waals surface area contributed by atoms with E-state index in [1.165, 1.54) is 5.01 Å². The zero-order valence-corrected chi connectivity index (χ0v) is 18.7. The lowest BCUT2D eigenvalue weighted by Gasteiger charge is -2.22. The number of hydrogen-bond acceptors (Lipinski definition) is 4. The van der Waals surface area contributed by atoms with Crippen molar-refractivity contribution in [1.82, 2.24) is 5.01 Å². The van der Waals surface area contributed by atoms with Crippen molar-refractivity contribution in [3.63, 3.8) is 0 Å². The van der Waals surface area contributed by atoms with E-state index in [0.717, 1.165) is 21.3 Å². The first kappa shape index (κ1) is 21.3. The van der Waals surface area contributed by atoms with Gasteiger partial charge in [-0.3, -0.25) is 9.59 Å². The van der Waals surface area contributed by atoms with Gasteiger partial charge < -0.3 is 4.74 Å². The number of hydrogen-bond donors (Lipinski definition) is 0. The normalized spacial score (nSPS) is 15.5. The second kappa shape index (κ2) is 9.45. The zero-order chi connectivity index (χ0) is 21.8. The Bertz CT molecular complexity index is 1130. The molecule has 7 heteroatoms. The number of carbonyl (C=O) groups excluding carboxylic acids is 2. The Morgan fingerprint density at radius 3 is 2.58 bits per heavy atom. The van der Waals surface area contributed by atoms with Crippen LogP contribution in [0.25, 0.3) is 0 Å². The number of rotatable bonds is 6. The van der Waals surface area contributed by atoms with Gasteiger partial charge in [0.15, 0.2) is 12.9 Å². The van der Waals surface area contributed by atoms with Crippen LogP contribution in [0.2, 0.25) is 5.02 Å². The molecule has 1 aliphatic heterocycles. The second-order valence-corrected chi connectivity index (χ2v) is 8.36. The van der Waals surface area contributed by atoms with E-state index >= 15 is 0 Å². The van der Waals surface area contributed by atoms with Crippen molar-refractivity contribution in [2.24, 2.45) is 5.10 Å². The number of aldehydes is 1. The van der Waals surface area contributed by atoms with Gasteiger partial charge in [-0.1, -0.05) is 70.0 Å². The minimum absolute atomic E-state index is 0.238. The molecule has 1 unspecified atom stereocenters. The average molecular weight is 498 g/mol. The first-order valence-electron chi connectivity index (χ1n) is 9.63. The summed E-state index contributed by atoms with van der Waals surface area (Å²) in [5.41, 5.74) is 3.09. The number of benzene rings is 3. The van der Waals surface area contributed by atoms with Gasteiger partial charge in [0.25, 0.3) is 5.91 Å². The topological polar surface area (TPSA) is 59.0 Å². The zero-order valence-electron chi connectivity index (χ0n) is 16.4. The quantitative estimate of drug-likeness (QED) is 0.412. The molecule has 0 radical (unpaired) electrons. The van der Waals surface area contributed by atoms with Crippen LogP contribution in [-0.4, -0.2) is 29.5 Å². The highest BCUT2D eigenvalue weighted by Crippen LogP contribution is 2.33. The van der Waals surface area contributed by atoms with Crippen LogP contribution in [0.1, 0.15) is 33.9 Å². The summed E-state index contributed by atoms with van der Waals surface area (Å²) in [5.74, 6) is 0.0479. The summed E-state index contributed by atoms with van der Waals surface area (Å²) in [7, 11) is 0. The average Bonchev–Trinajstić information content (AvgIpc) is 3.24. The summed E-state index contributed by atoms with van der Waals surface area (Å²) < 4.78 is 6.42. The maximum absolute atomic E-state index is 13.1. The largest absolute Gasteiger partial charge is 0.483 e. The predicted molar refractivity (Wildman–Crippen MR) is 124 cm³/mol. The lowest BCUT2D eigenvalue weighted by atomic mass is 9.98. The Morgan fingerprint density at radius 2 is 1.87 bits per heavy atom. The maximum Gasteiger partial charge on any atom is 0.281 e. The van der Waals surface area contributed by atoms with Crippen molar-refractivity contribution in [3.05, 3.63) is 99.0 Å². The highest BCUT2D eigenvalue weighted by molar-refractivity contribution is 9.10. The standard InChI is InChI=1S/C24H18BrClN2O3/c25-19-8-11-23(18(12-19)14-29)31-15-24(30)28-22(17-6-9-20(26)10-7-17)13-21(27-28)16-4-2-1-3-5-16/h1-12,14,22H,13,15H2. The van der Waals surface area contributed by atoms with Crippen LogP contribution in [0.5, 0.6) is 5.75 Å². The monoisotopic (exact) mass is 496 g/mol. The molecule has 156 valence electrons. The highest BCUT2D eigenvalue weighted by atomic mass is 79.9. The van der Waals surface area contributed by atoms with Crippen molar-refractivity contribution in [2.45, 2.75) is 12.5 Å². The van der Waals surface area contributed by atoms with Crippen LogP contribution in [-0.2, 0) is 4.79 Å². The Kier molecular flexibility index (Phi) is 6.49. The Morgan fingerprint density at radius 1 is 1.13 bits per heavy atom. The molecular formula is C24H18BrClN2O3. The molecule has 0 aliphatic carbocycles. The number of ether oxygens (including phenoxy) is 1. The fraction of sp³-hybridized carbons (Fsp3) is 0.125. The van der Waals surface area contributed by atoms with E-state index in [4.69, 9.17) is 16.3 Å². The van der Waals surface area contributed by atoms with E-state index in [0.29, 0.717) is 29.0 Å². The molecule has 1 atom stereocenters. The summed E-state index contributed by atoms with van der Waals surface area (Å²) in [6, 6.07) is 22.0. The summed E-state index contributed by atoms with van der Waals surface area (Å²) in [6.45, 7) is -0.238. The summed E-state index contributed by atoms with van der Waals surface area (Å²) in [5, 5.41) is 6.71. The molecule has 0 fully saturated rings. The van der Waals surface area contributed by atoms with Gasteiger partial charge in [-0.2, -0.15) is 5.10 Å². The third kappa shape index (κ3) is 4.86. The van der Waals surface area contributed by atoms with Crippen molar-refractivity contribution in [2.75, 3.05) is 6.61 Å². The molecule has 0 saturated heterocycles. The third-order valence-electron chi connectivity index (χ3n) is 4.98. The van der Waals surface area contributed by atoms with E-state index in [1.54, 1.807) is 30.3 Å². The lowest BCUT2D eigenvalue weighted by molar-refractivity contribution is -0.135. The summed E-state index contributed by atoms with van der Waals surface area (Å²) in [4.78, 5) is 24.4. The van der Waals surface area contributed by atoms with Crippen LogP contribution >= 0.6 is 27.5 Å². The molecule has 0 bridgehead atoms. The van der Waals surface area contributed by atoms with Gasteiger partial charge in [-0.05, 0) is 41.5 Å². The fourth-order valence-electron chi connectivity index (χ4n) is 3.44. The number of carbonyl (C=O) groups is 2. The molecule has 4 rings (SSSR count). The van der Waals surface area contributed by atoms with E-state index in [-0.39, 0.29) is 18.6 Å². The van der Waals surface area contributed by atoms with Crippen molar-refractivity contribution in [1.29, 1.82) is 0 Å². The molecule has 5 nitrogen and oxygen atoms in total. The first-order chi connectivity index (χ1) is 15.0. The smallest absolute Gasteiger partial charge is 0.281 e. The van der Waals surface area contributed by atoms with Crippen molar-refractivity contribution >= 4 is 45.4 Å². The molecule has 0 N–H and O–H groups in total. The second-order valence-electron chi connectivity index (χ2n) is 7.01. The highest BCUT2D eigenvalue weighted by Gasteiger charge is 2.33. The minimum atomic E-state index is -0.300. The number of nitrogens with zero attached hydrogens (tertiary/aromatic N) is 2. The SMILES string of the molecule is O=Cc1cc(Br)ccc1OCC(=O)N1N=C(c2ccccc2)CC1c1ccc(Cl)cc1. The third-order valence-corrected chi connectivity index (χ3v) is 5.72. The molecule has 3 aromatic rings. The number of halogens is 2. The van der Waals surface area contributed by atoms with E-state index in [1.807, 2.05) is 42.5 Å². The van der Waals surface area contributed by atoms with E-state index < -0.39 is 0 Å². The van der Waals surface area contributed by atoms with Crippen LogP contribution < -0.4 is 4.74 Å². The predicted octanol–water partition coefficient (Wildman–Crippen LogP) is 5.67. The van der Waals surface area contributed by atoms with Crippen molar-refractivity contribution in [3.8, 4) is 5.75 Å². The Balaban J connectivity index is 1.58. The van der Waals surface area contributed by atoms with Gasteiger partial charge >= 0.3 is 0 Å². The maximum atomic E-state index is 13.1. The van der Waals surface area contributed by atoms with Crippen LogP contribution in [0.3, 0.4) is 0 Å². The van der Waals surface area contributed by atoms with Crippen LogP contribution in [0.4, 0.5) is 0 Å². The minimum Gasteiger partial charge on any atom is -0.483 e. The molecule has 1 amide bonds. The molecule has 0 aromatic heterocycles. The van der Waals surface area contributed by atoms with Crippen molar-refractivity contribution < 1.29 is 14.3 Å².